The fourth-order valence-electron chi connectivity index (χ4n) is 3.22. The van der Waals surface area contributed by atoms with Gasteiger partial charge in [-0.25, -0.2) is 4.98 Å². The number of aromatic nitrogens is 3. The Kier molecular flexibility index (Phi) is 6.01. The Morgan fingerprint density at radius 1 is 1.03 bits per heavy atom. The Morgan fingerprint density at radius 2 is 1.77 bits per heavy atom. The maximum absolute atomic E-state index is 12.4. The van der Waals surface area contributed by atoms with E-state index in [0.29, 0.717) is 12.8 Å². The van der Waals surface area contributed by atoms with Crippen molar-refractivity contribution in [2.75, 3.05) is 6.26 Å². The minimum absolute atomic E-state index is 0.0643. The molecule has 0 amide bonds. The van der Waals surface area contributed by atoms with E-state index in [2.05, 4.69) is 0 Å². The fraction of sp³-hybridized carbons (Fsp3) is 0.174. The van der Waals surface area contributed by atoms with E-state index in [-0.39, 0.29) is 11.3 Å². The highest BCUT2D eigenvalue weighted by Gasteiger charge is 2.13. The van der Waals surface area contributed by atoms with Crippen LogP contribution < -0.4 is 5.56 Å². The lowest BCUT2D eigenvalue weighted by Gasteiger charge is -2.08. The maximum Gasteiger partial charge on any atom is 0.255 e. The summed E-state index contributed by atoms with van der Waals surface area (Å²) >= 11 is 3.10. The molecule has 7 heteroatoms. The summed E-state index contributed by atoms with van der Waals surface area (Å²) in [7, 11) is 0. The van der Waals surface area contributed by atoms with Crippen LogP contribution in [0, 0.1) is 6.92 Å². The molecule has 0 atom stereocenters. The van der Waals surface area contributed by atoms with E-state index in [4.69, 9.17) is 4.98 Å². The summed E-state index contributed by atoms with van der Waals surface area (Å²) in [4.78, 5) is 31.1. The van der Waals surface area contributed by atoms with Gasteiger partial charge < -0.3 is 0 Å². The van der Waals surface area contributed by atoms with Crippen molar-refractivity contribution >= 4 is 28.9 Å². The molecule has 152 valence electrons. The predicted molar refractivity (Wildman–Crippen MR) is 123 cm³/mol. The van der Waals surface area contributed by atoms with Crippen molar-refractivity contribution in [3.05, 3.63) is 92.8 Å². The van der Waals surface area contributed by atoms with Crippen LogP contribution in [0.4, 0.5) is 0 Å². The van der Waals surface area contributed by atoms with Crippen LogP contribution in [0.5, 0.6) is 0 Å². The van der Waals surface area contributed by atoms with Gasteiger partial charge in [-0.3, -0.25) is 18.7 Å². The zero-order valence-corrected chi connectivity index (χ0v) is 18.4. The highest BCUT2D eigenvalue weighted by atomic mass is 32.2. The van der Waals surface area contributed by atoms with Crippen molar-refractivity contribution in [2.45, 2.75) is 24.9 Å². The molecule has 0 aliphatic heterocycles. The predicted octanol–water partition coefficient (Wildman–Crippen LogP) is 4.93. The van der Waals surface area contributed by atoms with Gasteiger partial charge in [0, 0.05) is 41.1 Å². The number of benzene rings is 1. The molecule has 4 aromatic rings. The number of hydrogen-bond donors (Lipinski definition) is 0. The number of imidazole rings is 1. The molecule has 3 heterocycles. The second-order valence-corrected chi connectivity index (χ2v) is 8.91. The minimum Gasteiger partial charge on any atom is -0.295 e. The van der Waals surface area contributed by atoms with Crippen molar-refractivity contribution in [3.8, 4) is 11.4 Å². The molecule has 4 rings (SSSR count). The number of pyridine rings is 1. The van der Waals surface area contributed by atoms with Crippen molar-refractivity contribution in [1.29, 1.82) is 0 Å². The van der Waals surface area contributed by atoms with E-state index in [1.165, 1.54) is 11.3 Å². The highest BCUT2D eigenvalue weighted by Crippen LogP contribution is 2.23. The molecule has 0 bridgehead atoms. The summed E-state index contributed by atoms with van der Waals surface area (Å²) in [5, 5.41) is 0.869. The van der Waals surface area contributed by atoms with Crippen molar-refractivity contribution in [2.24, 2.45) is 0 Å². The summed E-state index contributed by atoms with van der Waals surface area (Å²) in [5.74, 6) is 0.158. The molecule has 0 spiro atoms. The number of thiophene rings is 1. The first-order valence-electron chi connectivity index (χ1n) is 9.55. The molecule has 0 fully saturated rings. The number of hydrogen-bond acceptors (Lipinski definition) is 5. The molecule has 5 nitrogen and oxygen atoms in total. The van der Waals surface area contributed by atoms with Crippen LogP contribution in [0.15, 0.2) is 76.9 Å². The molecule has 0 aliphatic rings. The number of carbonyl (C=O) groups is 1. The number of Topliss-reactive ketones (excluding diaryl/α,β-unsaturated/α-hetero) is 1. The van der Waals surface area contributed by atoms with Gasteiger partial charge in [-0.1, -0.05) is 17.8 Å². The van der Waals surface area contributed by atoms with Gasteiger partial charge in [0.25, 0.3) is 5.56 Å². The molecular weight excluding hydrogens is 414 g/mol. The van der Waals surface area contributed by atoms with E-state index >= 15 is 0 Å². The second-order valence-electron chi connectivity index (χ2n) is 6.85. The van der Waals surface area contributed by atoms with E-state index in [9.17, 15) is 9.59 Å². The molecular formula is C23H21N3O2S2. The van der Waals surface area contributed by atoms with Gasteiger partial charge in [-0.15, -0.1) is 11.3 Å². The van der Waals surface area contributed by atoms with Crippen LogP contribution >= 0.6 is 23.1 Å². The van der Waals surface area contributed by atoms with Crippen molar-refractivity contribution in [3.63, 3.8) is 0 Å². The molecule has 0 saturated heterocycles. The Bertz CT molecular complexity index is 1240. The first-order chi connectivity index (χ1) is 14.5. The van der Waals surface area contributed by atoms with Gasteiger partial charge in [0.15, 0.2) is 10.9 Å². The van der Waals surface area contributed by atoms with Crippen LogP contribution in [0.1, 0.15) is 26.7 Å². The smallest absolute Gasteiger partial charge is 0.255 e. The lowest BCUT2D eigenvalue weighted by molar-refractivity contribution is 0.0986. The molecule has 0 aliphatic carbocycles. The lowest BCUT2D eigenvalue weighted by atomic mass is 10.1. The van der Waals surface area contributed by atoms with Gasteiger partial charge in [0.1, 0.15) is 0 Å². The fourth-order valence-corrected chi connectivity index (χ4v) is 4.62. The van der Waals surface area contributed by atoms with Gasteiger partial charge in [-0.05, 0) is 62.1 Å². The first-order valence-corrected chi connectivity index (χ1v) is 11.6. The summed E-state index contributed by atoms with van der Waals surface area (Å²) < 4.78 is 3.63. The number of nitrogens with zero attached hydrogens (tertiary/aromatic N) is 3. The van der Waals surface area contributed by atoms with Crippen molar-refractivity contribution < 1.29 is 4.79 Å². The standard InChI is InChI=1S/C23H21N3O2S2/c1-16-6-13-21(30-16)20(27)12-7-17-15-26(23(24-17)29-2)19-10-8-18(9-11-19)25-14-4-3-5-22(25)28/h3-6,8-11,13-15H,7,12H2,1-2H3. The van der Waals surface area contributed by atoms with Crippen LogP contribution in [0.25, 0.3) is 11.4 Å². The van der Waals surface area contributed by atoms with Crippen LogP contribution in [0.3, 0.4) is 0 Å². The van der Waals surface area contributed by atoms with E-state index in [0.717, 1.165) is 32.0 Å². The average molecular weight is 436 g/mol. The van der Waals surface area contributed by atoms with E-state index < -0.39 is 0 Å². The second kappa shape index (κ2) is 8.85. The Labute approximate surface area is 183 Å². The lowest BCUT2D eigenvalue weighted by Crippen LogP contribution is -2.15. The zero-order valence-electron chi connectivity index (χ0n) is 16.7. The molecule has 30 heavy (non-hydrogen) atoms. The minimum atomic E-state index is -0.0643. The molecule has 0 saturated carbocycles. The Hall–Kier alpha value is -2.90. The normalized spacial score (nSPS) is 11.0. The SMILES string of the molecule is CSc1nc(CCC(=O)c2ccc(C)s2)cn1-c1ccc(-n2ccccc2=O)cc1. The topological polar surface area (TPSA) is 56.9 Å². The van der Waals surface area contributed by atoms with E-state index in [1.54, 1.807) is 34.7 Å². The first kappa shape index (κ1) is 20.4. The third kappa shape index (κ3) is 4.32. The molecule has 0 unspecified atom stereocenters. The number of thioether (sulfide) groups is 1. The van der Waals surface area contributed by atoms with Crippen LogP contribution in [-0.4, -0.2) is 26.2 Å². The summed E-state index contributed by atoms with van der Waals surface area (Å²) in [6.07, 6.45) is 6.78. The average Bonchev–Trinajstić information content (AvgIpc) is 3.39. The number of ketones is 1. The summed E-state index contributed by atoms with van der Waals surface area (Å²) in [5.41, 5.74) is 2.60. The van der Waals surface area contributed by atoms with Gasteiger partial charge in [0.05, 0.1) is 10.6 Å². The monoisotopic (exact) mass is 435 g/mol. The van der Waals surface area contributed by atoms with Gasteiger partial charge in [-0.2, -0.15) is 0 Å². The third-order valence-electron chi connectivity index (χ3n) is 4.76. The van der Waals surface area contributed by atoms with Crippen LogP contribution in [-0.2, 0) is 6.42 Å². The highest BCUT2D eigenvalue weighted by molar-refractivity contribution is 7.98. The Balaban J connectivity index is 1.53. The number of carbonyl (C=O) groups excluding carboxylic acids is 1. The van der Waals surface area contributed by atoms with Gasteiger partial charge in [0.2, 0.25) is 0 Å². The molecule has 0 radical (unpaired) electrons. The molecule has 0 N–H and O–H groups in total. The maximum atomic E-state index is 12.4. The van der Waals surface area contributed by atoms with E-state index in [1.807, 2.05) is 66.4 Å². The molecule has 3 aromatic heterocycles. The van der Waals surface area contributed by atoms with Crippen LogP contribution in [0.2, 0.25) is 0 Å². The quantitative estimate of drug-likeness (QED) is 0.305. The summed E-state index contributed by atoms with van der Waals surface area (Å²) in [6, 6.07) is 16.8. The van der Waals surface area contributed by atoms with Crippen molar-refractivity contribution in [1.82, 2.24) is 14.1 Å². The van der Waals surface area contributed by atoms with Gasteiger partial charge >= 0.3 is 0 Å². The Morgan fingerprint density at radius 3 is 2.40 bits per heavy atom. The number of aryl methyl sites for hydroxylation is 2. The number of rotatable bonds is 7. The largest absolute Gasteiger partial charge is 0.295 e. The summed E-state index contributed by atoms with van der Waals surface area (Å²) in [6.45, 7) is 2.01. The third-order valence-corrected chi connectivity index (χ3v) is 6.45. The molecule has 1 aromatic carbocycles. The zero-order chi connectivity index (χ0) is 21.1.